The Hall–Kier alpha value is -4.32. The molecule has 2 atom stereocenters. The highest BCUT2D eigenvalue weighted by atomic mass is 16.7. The Morgan fingerprint density at radius 1 is 0.750 bits per heavy atom. The summed E-state index contributed by atoms with van der Waals surface area (Å²) in [6.07, 6.45) is -2.82. The lowest BCUT2D eigenvalue weighted by Crippen LogP contribution is -2.53. The van der Waals surface area contributed by atoms with E-state index < -0.39 is 36.1 Å². The molecule has 0 aliphatic carbocycles. The van der Waals surface area contributed by atoms with E-state index in [4.69, 9.17) is 38.9 Å². The smallest absolute Gasteiger partial charge is 0.468 e. The molecule has 2 rings (SSSR count). The minimum Gasteiger partial charge on any atom is -0.468 e. The molecule has 12 nitrogen and oxygen atoms in total. The molecule has 12 heteroatoms. The molecule has 2 aromatic rings. The lowest BCUT2D eigenvalue weighted by Gasteiger charge is -2.29. The largest absolute Gasteiger partial charge is 0.514 e. The van der Waals surface area contributed by atoms with Crippen LogP contribution in [0.3, 0.4) is 0 Å². The lowest BCUT2D eigenvalue weighted by atomic mass is 9.86. The number of benzene rings is 2. The zero-order chi connectivity index (χ0) is 32.7. The molecule has 0 heterocycles. The van der Waals surface area contributed by atoms with Crippen molar-refractivity contribution in [3.05, 3.63) is 54.1 Å². The first-order valence-corrected chi connectivity index (χ1v) is 14.4. The molecule has 0 fully saturated rings. The molecule has 2 N–H and O–H groups in total. The van der Waals surface area contributed by atoms with Crippen LogP contribution in [0.1, 0.15) is 59.4 Å². The Balaban J connectivity index is 2.22. The monoisotopic (exact) mass is 617 g/mol. The van der Waals surface area contributed by atoms with Gasteiger partial charge in [-0.2, -0.15) is 0 Å². The third-order valence-corrected chi connectivity index (χ3v) is 6.23. The number of carbonyl (C=O) groups excluding carboxylic acids is 4. The number of carbonyl (C=O) groups is 4. The molecule has 0 spiro atoms. The Morgan fingerprint density at radius 2 is 1.32 bits per heavy atom. The Kier molecular flexibility index (Phi) is 14.4. The molecule has 44 heavy (non-hydrogen) atoms. The molecule has 2 aromatic carbocycles. The van der Waals surface area contributed by atoms with Gasteiger partial charge in [-0.3, -0.25) is 4.79 Å². The molecular weight excluding hydrogens is 574 g/mol. The van der Waals surface area contributed by atoms with E-state index in [1.54, 1.807) is 37.3 Å². The van der Waals surface area contributed by atoms with Gasteiger partial charge in [0.1, 0.15) is 17.4 Å². The second kappa shape index (κ2) is 17.7. The van der Waals surface area contributed by atoms with Crippen LogP contribution in [0.2, 0.25) is 0 Å². The Bertz CT molecular complexity index is 1230. The van der Waals surface area contributed by atoms with Crippen molar-refractivity contribution in [3.63, 3.8) is 0 Å². The van der Waals surface area contributed by atoms with Crippen LogP contribution in [0.25, 0.3) is 0 Å². The van der Waals surface area contributed by atoms with E-state index in [0.717, 1.165) is 0 Å². The third-order valence-electron chi connectivity index (χ3n) is 6.23. The van der Waals surface area contributed by atoms with Gasteiger partial charge in [0.05, 0.1) is 20.3 Å². The molecule has 1 unspecified atom stereocenters. The molecule has 0 aliphatic heterocycles. The summed E-state index contributed by atoms with van der Waals surface area (Å²) in [5, 5.41) is 0. The van der Waals surface area contributed by atoms with Crippen molar-refractivity contribution in [2.24, 2.45) is 17.6 Å². The third kappa shape index (κ3) is 12.9. The quantitative estimate of drug-likeness (QED) is 0.137. The highest BCUT2D eigenvalue weighted by molar-refractivity contribution is 5.81. The molecule has 0 aliphatic rings. The second-order valence-electron chi connectivity index (χ2n) is 11.2. The first-order valence-electron chi connectivity index (χ1n) is 14.4. The number of hydrogen-bond acceptors (Lipinski definition) is 12. The fraction of sp³-hybridized carbons (Fsp3) is 0.500. The number of hydrogen-bond donors (Lipinski definition) is 1. The SMILES string of the molecule is COC(=O)C(N)(Cc1ccc(OC(=O)OCCC(C)C)c(OC(=O)OCCC(C)C)c1)C[C@H](C)OC(=O)Oc1ccccc1. The zero-order valence-corrected chi connectivity index (χ0v) is 26.2. The zero-order valence-electron chi connectivity index (χ0n) is 26.2. The van der Waals surface area contributed by atoms with Crippen LogP contribution in [0, 0.1) is 11.8 Å². The molecule has 0 amide bonds. The van der Waals surface area contributed by atoms with Crippen LogP contribution in [0.4, 0.5) is 14.4 Å². The van der Waals surface area contributed by atoms with Crippen molar-refractivity contribution in [3.8, 4) is 17.2 Å². The summed E-state index contributed by atoms with van der Waals surface area (Å²) in [6, 6.07) is 12.6. The number of ether oxygens (including phenoxy) is 7. The fourth-order valence-corrected chi connectivity index (χ4v) is 3.94. The first kappa shape index (κ1) is 35.9. The molecular formula is C32H43NO11. The standard InChI is InChI=1S/C32H43NO11/c1-21(2)14-16-39-29(35)43-26-13-12-24(18-27(26)44-30(36)40-17-15-22(3)4)20-32(33,28(34)38-6)19-23(5)41-31(37)42-25-10-8-7-9-11-25/h7-13,18,21-23H,14-17,19-20,33H2,1-6H3/t23-,32?/m0/s1. The maximum Gasteiger partial charge on any atom is 0.514 e. The van der Waals surface area contributed by atoms with Gasteiger partial charge in [-0.05, 0) is 61.4 Å². The van der Waals surface area contributed by atoms with E-state index in [1.807, 2.05) is 27.7 Å². The van der Waals surface area contributed by atoms with Crippen LogP contribution >= 0.6 is 0 Å². The van der Waals surface area contributed by atoms with Crippen molar-refractivity contribution in [1.82, 2.24) is 0 Å². The number of para-hydroxylation sites is 1. The van der Waals surface area contributed by atoms with E-state index in [0.29, 0.717) is 30.2 Å². The van der Waals surface area contributed by atoms with E-state index in [1.165, 1.54) is 25.3 Å². The maximum absolute atomic E-state index is 12.8. The van der Waals surface area contributed by atoms with Crippen molar-refractivity contribution in [1.29, 1.82) is 0 Å². The van der Waals surface area contributed by atoms with Gasteiger partial charge in [-0.25, -0.2) is 14.4 Å². The summed E-state index contributed by atoms with van der Waals surface area (Å²) in [4.78, 5) is 49.8. The summed E-state index contributed by atoms with van der Waals surface area (Å²) in [5.41, 5.74) is 5.26. The normalized spacial score (nSPS) is 12.9. The average Bonchev–Trinajstić information content (AvgIpc) is 2.93. The Labute approximate surface area is 258 Å². The van der Waals surface area contributed by atoms with Crippen molar-refractivity contribution >= 4 is 24.4 Å². The minimum absolute atomic E-state index is 0.106. The molecule has 0 saturated carbocycles. The van der Waals surface area contributed by atoms with Crippen molar-refractivity contribution in [2.75, 3.05) is 20.3 Å². The van der Waals surface area contributed by atoms with Gasteiger partial charge >= 0.3 is 24.4 Å². The Morgan fingerprint density at radius 3 is 1.86 bits per heavy atom. The topological polar surface area (TPSA) is 159 Å². The number of nitrogens with two attached hydrogens (primary N) is 1. The molecule has 0 saturated heterocycles. The number of methoxy groups -OCH3 is 1. The van der Waals surface area contributed by atoms with Crippen molar-refractivity contribution < 1.29 is 52.3 Å². The predicted molar refractivity (Wildman–Crippen MR) is 160 cm³/mol. The summed E-state index contributed by atoms with van der Waals surface area (Å²) >= 11 is 0. The van der Waals surface area contributed by atoms with Crippen LogP contribution in [-0.4, -0.2) is 56.4 Å². The van der Waals surface area contributed by atoms with Crippen LogP contribution in [0.5, 0.6) is 17.2 Å². The summed E-state index contributed by atoms with van der Waals surface area (Å²) in [6.45, 7) is 9.76. The molecule has 0 bridgehead atoms. The van der Waals surface area contributed by atoms with Crippen molar-refractivity contribution in [2.45, 2.75) is 71.9 Å². The van der Waals surface area contributed by atoms with Gasteiger partial charge in [0.25, 0.3) is 0 Å². The first-order chi connectivity index (χ1) is 20.8. The van der Waals surface area contributed by atoms with Gasteiger partial charge in [-0.15, -0.1) is 0 Å². The molecule has 242 valence electrons. The second-order valence-corrected chi connectivity index (χ2v) is 11.2. The minimum atomic E-state index is -1.67. The summed E-state index contributed by atoms with van der Waals surface area (Å²) < 4.78 is 36.3. The molecule has 0 aromatic heterocycles. The fourth-order valence-electron chi connectivity index (χ4n) is 3.94. The number of rotatable bonds is 15. The van der Waals surface area contributed by atoms with E-state index in [9.17, 15) is 19.2 Å². The van der Waals surface area contributed by atoms with Gasteiger partial charge < -0.3 is 38.9 Å². The average molecular weight is 618 g/mol. The highest BCUT2D eigenvalue weighted by Gasteiger charge is 2.38. The summed E-state index contributed by atoms with van der Waals surface area (Å²) in [7, 11) is 1.18. The predicted octanol–water partition coefficient (Wildman–Crippen LogP) is 6.22. The van der Waals surface area contributed by atoms with Gasteiger partial charge in [0.15, 0.2) is 11.5 Å². The van der Waals surface area contributed by atoms with E-state index >= 15 is 0 Å². The van der Waals surface area contributed by atoms with Gasteiger partial charge in [0, 0.05) is 12.8 Å². The maximum atomic E-state index is 12.8. The summed E-state index contributed by atoms with van der Waals surface area (Å²) in [5.74, 6) is -0.123. The van der Waals surface area contributed by atoms with E-state index in [2.05, 4.69) is 0 Å². The van der Waals surface area contributed by atoms with Crippen LogP contribution in [-0.2, 0) is 30.2 Å². The highest BCUT2D eigenvalue weighted by Crippen LogP contribution is 2.32. The van der Waals surface area contributed by atoms with Crippen LogP contribution < -0.4 is 19.9 Å². The van der Waals surface area contributed by atoms with Gasteiger partial charge in [-0.1, -0.05) is 52.0 Å². The van der Waals surface area contributed by atoms with Crippen LogP contribution in [0.15, 0.2) is 48.5 Å². The number of esters is 1. The lowest BCUT2D eigenvalue weighted by molar-refractivity contribution is -0.148. The van der Waals surface area contributed by atoms with Gasteiger partial charge in [0.2, 0.25) is 0 Å². The molecule has 0 radical (unpaired) electrons. The van der Waals surface area contributed by atoms with E-state index in [-0.39, 0.29) is 43.3 Å².